The summed E-state index contributed by atoms with van der Waals surface area (Å²) in [5, 5.41) is 3.20. The van der Waals surface area contributed by atoms with Crippen LogP contribution in [0, 0.1) is 5.92 Å². The van der Waals surface area contributed by atoms with E-state index in [1.54, 1.807) is 0 Å². The quantitative estimate of drug-likeness (QED) is 0.446. The highest BCUT2D eigenvalue weighted by molar-refractivity contribution is 6.45. The van der Waals surface area contributed by atoms with Crippen LogP contribution < -0.4 is 11.2 Å². The van der Waals surface area contributed by atoms with Crippen LogP contribution >= 0.6 is 0 Å². The van der Waals surface area contributed by atoms with Crippen LogP contribution in [0.15, 0.2) is 4.99 Å². The summed E-state index contributed by atoms with van der Waals surface area (Å²) in [6, 6.07) is -0.654. The number of hydrazine groups is 1. The maximum Gasteiger partial charge on any atom is 0.350 e. The zero-order chi connectivity index (χ0) is 10.0. The monoisotopic (exact) mass is 184 g/mol. The summed E-state index contributed by atoms with van der Waals surface area (Å²) < 4.78 is 0. The fourth-order valence-electron chi connectivity index (χ4n) is 1.00. The average Bonchev–Trinajstić information content (AvgIpc) is 2.28. The fourth-order valence-corrected chi connectivity index (χ4v) is 1.00. The highest BCUT2D eigenvalue weighted by Gasteiger charge is 2.26. The van der Waals surface area contributed by atoms with Crippen molar-refractivity contribution in [1.29, 1.82) is 0 Å². The summed E-state index contributed by atoms with van der Waals surface area (Å²) in [5.41, 5.74) is 0. The van der Waals surface area contributed by atoms with E-state index in [9.17, 15) is 9.59 Å². The number of amidine groups is 1. The molecular formula is C7H12N4O2. The minimum absolute atomic E-state index is 0.0151. The number of nitrogens with one attached hydrogen (secondary N) is 1. The van der Waals surface area contributed by atoms with Gasteiger partial charge in [0, 0.05) is 6.54 Å². The molecule has 0 fully saturated rings. The van der Waals surface area contributed by atoms with Gasteiger partial charge in [-0.15, -0.1) is 0 Å². The van der Waals surface area contributed by atoms with Crippen LogP contribution in [0.4, 0.5) is 4.79 Å². The molecule has 0 bridgehead atoms. The van der Waals surface area contributed by atoms with Crippen molar-refractivity contribution >= 4 is 17.8 Å². The Hall–Kier alpha value is -1.43. The van der Waals surface area contributed by atoms with Gasteiger partial charge in [-0.2, -0.15) is 4.99 Å². The number of hydrogen-bond donors (Lipinski definition) is 2. The SMILES string of the molecule is CC(C)CN(N)C1=NC(=O)NC1=O. The molecule has 1 aliphatic rings. The second kappa shape index (κ2) is 3.53. The number of nitrogens with zero attached hydrogens (tertiary/aromatic N) is 2. The first-order chi connectivity index (χ1) is 6.00. The molecule has 3 N–H and O–H groups in total. The van der Waals surface area contributed by atoms with Crippen LogP contribution in [0.5, 0.6) is 0 Å². The van der Waals surface area contributed by atoms with Crippen molar-refractivity contribution in [3.8, 4) is 0 Å². The van der Waals surface area contributed by atoms with Crippen molar-refractivity contribution in [2.24, 2.45) is 16.8 Å². The maximum absolute atomic E-state index is 11.0. The number of urea groups is 1. The number of imide groups is 1. The standard InChI is InChI=1S/C7H12N4O2/c1-4(2)3-11(8)5-6(12)10-7(13)9-5/h4H,3,8H2,1-2H3,(H,10,12,13). The second-order valence-electron chi connectivity index (χ2n) is 3.24. The predicted octanol–water partition coefficient (Wildman–Crippen LogP) is -0.534. The minimum Gasteiger partial charge on any atom is -0.290 e. The molecule has 0 aromatic carbocycles. The third kappa shape index (κ3) is 2.25. The van der Waals surface area contributed by atoms with Gasteiger partial charge in [0.15, 0.2) is 0 Å². The van der Waals surface area contributed by atoms with Crippen LogP contribution in [0.1, 0.15) is 13.8 Å². The lowest BCUT2D eigenvalue weighted by Crippen LogP contribution is -2.44. The zero-order valence-electron chi connectivity index (χ0n) is 7.57. The van der Waals surface area contributed by atoms with Gasteiger partial charge in [-0.3, -0.25) is 15.1 Å². The van der Waals surface area contributed by atoms with Gasteiger partial charge in [-0.05, 0) is 5.92 Å². The normalized spacial score (nSPS) is 16.2. The van der Waals surface area contributed by atoms with E-state index in [4.69, 9.17) is 5.84 Å². The lowest BCUT2D eigenvalue weighted by Gasteiger charge is -2.18. The third-order valence-corrected chi connectivity index (χ3v) is 1.46. The van der Waals surface area contributed by atoms with Gasteiger partial charge in [0.1, 0.15) is 0 Å². The van der Waals surface area contributed by atoms with Gasteiger partial charge in [0.05, 0.1) is 0 Å². The first-order valence-corrected chi connectivity index (χ1v) is 3.97. The second-order valence-corrected chi connectivity index (χ2v) is 3.24. The Kier molecular flexibility index (Phi) is 2.62. The smallest absolute Gasteiger partial charge is 0.290 e. The summed E-state index contributed by atoms with van der Waals surface area (Å²) in [7, 11) is 0. The van der Waals surface area contributed by atoms with Crippen molar-refractivity contribution in [3.63, 3.8) is 0 Å². The number of hydrogen-bond acceptors (Lipinski definition) is 4. The molecule has 0 unspecified atom stereocenters. The first-order valence-electron chi connectivity index (χ1n) is 3.97. The number of aliphatic imine (C=N–C) groups is 1. The van der Waals surface area contributed by atoms with Gasteiger partial charge >= 0.3 is 6.03 Å². The molecule has 0 saturated carbocycles. The summed E-state index contributed by atoms with van der Waals surface area (Å²) in [4.78, 5) is 25.1. The van der Waals surface area contributed by atoms with Gasteiger partial charge in [0.25, 0.3) is 5.91 Å². The number of carbonyl (C=O) groups excluding carboxylic acids is 2. The molecule has 0 atom stereocenters. The number of nitrogens with two attached hydrogens (primary N) is 1. The molecule has 0 aliphatic carbocycles. The Bertz CT molecular complexity index is 272. The predicted molar refractivity (Wildman–Crippen MR) is 46.7 cm³/mol. The summed E-state index contributed by atoms with van der Waals surface area (Å²) in [6.07, 6.45) is 0. The Morgan fingerprint density at radius 1 is 1.54 bits per heavy atom. The van der Waals surface area contributed by atoms with Crippen LogP contribution in [-0.2, 0) is 4.79 Å². The first kappa shape index (κ1) is 9.66. The Balaban J connectivity index is 2.66. The lowest BCUT2D eigenvalue weighted by molar-refractivity contribution is -0.114. The molecule has 0 saturated heterocycles. The largest absolute Gasteiger partial charge is 0.350 e. The molecule has 0 radical (unpaired) electrons. The lowest BCUT2D eigenvalue weighted by atomic mass is 10.2. The minimum atomic E-state index is -0.654. The third-order valence-electron chi connectivity index (χ3n) is 1.46. The van der Waals surface area contributed by atoms with E-state index in [-0.39, 0.29) is 5.84 Å². The van der Waals surface area contributed by atoms with Crippen molar-refractivity contribution in [2.75, 3.05) is 6.54 Å². The van der Waals surface area contributed by atoms with Gasteiger partial charge in [-0.25, -0.2) is 10.6 Å². The van der Waals surface area contributed by atoms with Crippen molar-refractivity contribution in [1.82, 2.24) is 10.3 Å². The molecule has 13 heavy (non-hydrogen) atoms. The molecule has 0 aromatic rings. The molecular weight excluding hydrogens is 172 g/mol. The molecule has 0 spiro atoms. The summed E-state index contributed by atoms with van der Waals surface area (Å²) in [6.45, 7) is 4.39. The molecule has 6 heteroatoms. The van der Waals surface area contributed by atoms with E-state index in [1.165, 1.54) is 5.01 Å². The highest BCUT2D eigenvalue weighted by atomic mass is 16.2. The van der Waals surface area contributed by atoms with Gasteiger partial charge in [-0.1, -0.05) is 13.8 Å². The summed E-state index contributed by atoms with van der Waals surface area (Å²) >= 11 is 0. The van der Waals surface area contributed by atoms with Gasteiger partial charge < -0.3 is 0 Å². The van der Waals surface area contributed by atoms with Crippen molar-refractivity contribution in [2.45, 2.75) is 13.8 Å². The Morgan fingerprint density at radius 3 is 2.54 bits per heavy atom. The molecule has 1 heterocycles. The van der Waals surface area contributed by atoms with E-state index < -0.39 is 11.9 Å². The molecule has 6 nitrogen and oxygen atoms in total. The topological polar surface area (TPSA) is 87.8 Å². The molecule has 1 rings (SSSR count). The van der Waals surface area contributed by atoms with Crippen molar-refractivity contribution < 1.29 is 9.59 Å². The van der Waals surface area contributed by atoms with Crippen LogP contribution in [-0.4, -0.2) is 29.3 Å². The highest BCUT2D eigenvalue weighted by Crippen LogP contribution is 1.99. The Morgan fingerprint density at radius 2 is 2.15 bits per heavy atom. The van der Waals surface area contributed by atoms with Crippen LogP contribution in [0.3, 0.4) is 0 Å². The van der Waals surface area contributed by atoms with Crippen LogP contribution in [0.25, 0.3) is 0 Å². The molecule has 72 valence electrons. The van der Waals surface area contributed by atoms with Crippen LogP contribution in [0.2, 0.25) is 0 Å². The van der Waals surface area contributed by atoms with E-state index in [2.05, 4.69) is 4.99 Å². The van der Waals surface area contributed by atoms with Crippen molar-refractivity contribution in [3.05, 3.63) is 0 Å². The molecule has 0 aromatic heterocycles. The molecule has 1 aliphatic heterocycles. The average molecular weight is 184 g/mol. The molecule has 3 amide bonds. The summed E-state index contributed by atoms with van der Waals surface area (Å²) in [5.74, 6) is 5.27. The maximum atomic E-state index is 11.0. The number of amides is 3. The zero-order valence-corrected chi connectivity index (χ0v) is 7.57. The van der Waals surface area contributed by atoms with E-state index in [0.717, 1.165) is 0 Å². The van der Waals surface area contributed by atoms with Gasteiger partial charge in [0.2, 0.25) is 5.84 Å². The van der Waals surface area contributed by atoms with E-state index >= 15 is 0 Å². The van der Waals surface area contributed by atoms with E-state index in [0.29, 0.717) is 12.5 Å². The Labute approximate surface area is 75.8 Å². The van der Waals surface area contributed by atoms with E-state index in [1.807, 2.05) is 19.2 Å². The fraction of sp³-hybridized carbons (Fsp3) is 0.571. The number of carbonyl (C=O) groups is 2. The number of rotatable bonds is 2.